The van der Waals surface area contributed by atoms with E-state index >= 15 is 0 Å². The predicted molar refractivity (Wildman–Crippen MR) is 65.7 cm³/mol. The van der Waals surface area contributed by atoms with Crippen LogP contribution in [0.15, 0.2) is 29.2 Å². The third kappa shape index (κ3) is 2.18. The molecule has 0 spiro atoms. The minimum atomic E-state index is -3.66. The zero-order valence-corrected chi connectivity index (χ0v) is 11.0. The average Bonchev–Trinajstić information content (AvgIpc) is 2.91. The summed E-state index contributed by atoms with van der Waals surface area (Å²) in [6, 6.07) is 6.71. The fourth-order valence-corrected chi connectivity index (χ4v) is 3.72. The zero-order valence-electron chi connectivity index (χ0n) is 10.2. The lowest BCUT2D eigenvalue weighted by molar-refractivity contribution is 0.0663. The van der Waals surface area contributed by atoms with Crippen molar-refractivity contribution in [3.8, 4) is 0 Å². The van der Waals surface area contributed by atoms with Crippen molar-refractivity contribution in [2.45, 2.75) is 49.4 Å². The molecule has 0 N–H and O–H groups in total. The predicted octanol–water partition coefficient (Wildman–Crippen LogP) is 2.02. The molecule has 2 aliphatic heterocycles. The molecule has 2 fully saturated rings. The molecule has 5 heteroatoms. The van der Waals surface area contributed by atoms with Gasteiger partial charge in [0.15, 0.2) is 0 Å². The highest BCUT2D eigenvalue weighted by Gasteiger charge is 2.43. The number of aryl methyl sites for hydroxylation is 1. The summed E-state index contributed by atoms with van der Waals surface area (Å²) in [5, 5.41) is 0. The van der Waals surface area contributed by atoms with Crippen molar-refractivity contribution in [2.24, 2.45) is 0 Å². The summed E-state index contributed by atoms with van der Waals surface area (Å²) in [7, 11) is -3.66. The SMILES string of the molecule is Cc1ccc(S(=O)(=O)OC2CC3CCC2O3)cc1. The van der Waals surface area contributed by atoms with Crippen LogP contribution in [0.1, 0.15) is 24.8 Å². The van der Waals surface area contributed by atoms with Crippen molar-refractivity contribution in [1.82, 2.24) is 0 Å². The maximum Gasteiger partial charge on any atom is 0.297 e. The third-order valence-electron chi connectivity index (χ3n) is 3.61. The van der Waals surface area contributed by atoms with Crippen LogP contribution in [0.3, 0.4) is 0 Å². The molecule has 18 heavy (non-hydrogen) atoms. The number of ether oxygens (including phenoxy) is 1. The maximum atomic E-state index is 12.1. The van der Waals surface area contributed by atoms with Gasteiger partial charge < -0.3 is 4.74 Å². The Morgan fingerprint density at radius 3 is 2.50 bits per heavy atom. The van der Waals surface area contributed by atoms with Crippen LogP contribution in [0.2, 0.25) is 0 Å². The Bertz CT molecular complexity index is 535. The Hall–Kier alpha value is -0.910. The van der Waals surface area contributed by atoms with E-state index in [2.05, 4.69) is 0 Å². The van der Waals surface area contributed by atoms with E-state index in [1.165, 1.54) is 0 Å². The van der Waals surface area contributed by atoms with E-state index in [4.69, 9.17) is 8.92 Å². The van der Waals surface area contributed by atoms with Crippen LogP contribution >= 0.6 is 0 Å². The van der Waals surface area contributed by atoms with Crippen molar-refractivity contribution in [3.05, 3.63) is 29.8 Å². The Morgan fingerprint density at radius 1 is 1.22 bits per heavy atom. The molecule has 0 saturated carbocycles. The van der Waals surface area contributed by atoms with Gasteiger partial charge >= 0.3 is 0 Å². The molecular weight excluding hydrogens is 252 g/mol. The molecule has 4 nitrogen and oxygen atoms in total. The minimum Gasteiger partial charge on any atom is -0.372 e. The normalized spacial score (nSPS) is 30.8. The van der Waals surface area contributed by atoms with Crippen LogP contribution < -0.4 is 0 Å². The molecular formula is C13H16O4S. The molecule has 0 aromatic heterocycles. The van der Waals surface area contributed by atoms with E-state index in [1.54, 1.807) is 24.3 Å². The largest absolute Gasteiger partial charge is 0.372 e. The van der Waals surface area contributed by atoms with E-state index in [9.17, 15) is 8.42 Å². The Kier molecular flexibility index (Phi) is 2.92. The van der Waals surface area contributed by atoms with Gasteiger partial charge in [0.2, 0.25) is 0 Å². The second-order valence-electron chi connectivity index (χ2n) is 5.01. The van der Waals surface area contributed by atoms with E-state index in [-0.39, 0.29) is 23.2 Å². The van der Waals surface area contributed by atoms with Crippen molar-refractivity contribution in [3.63, 3.8) is 0 Å². The average molecular weight is 268 g/mol. The van der Waals surface area contributed by atoms with Crippen LogP contribution in [0.25, 0.3) is 0 Å². The number of hydrogen-bond donors (Lipinski definition) is 0. The first-order valence-corrected chi connectivity index (χ1v) is 7.61. The van der Waals surface area contributed by atoms with Crippen LogP contribution in [0.4, 0.5) is 0 Å². The van der Waals surface area contributed by atoms with Crippen LogP contribution in [-0.4, -0.2) is 26.7 Å². The van der Waals surface area contributed by atoms with Gasteiger partial charge in [0, 0.05) is 6.42 Å². The maximum absolute atomic E-state index is 12.1. The second kappa shape index (κ2) is 4.33. The molecule has 2 bridgehead atoms. The lowest BCUT2D eigenvalue weighted by atomic mass is 9.98. The van der Waals surface area contributed by atoms with Gasteiger partial charge in [-0.25, -0.2) is 0 Å². The number of hydrogen-bond acceptors (Lipinski definition) is 4. The molecule has 1 aromatic carbocycles. The molecule has 0 radical (unpaired) electrons. The summed E-state index contributed by atoms with van der Waals surface area (Å²) in [6.07, 6.45) is 2.45. The smallest absolute Gasteiger partial charge is 0.297 e. The molecule has 0 amide bonds. The van der Waals surface area contributed by atoms with Crippen molar-refractivity contribution < 1.29 is 17.3 Å². The summed E-state index contributed by atoms with van der Waals surface area (Å²) in [4.78, 5) is 0.218. The summed E-state index contributed by atoms with van der Waals surface area (Å²) in [5.74, 6) is 0. The van der Waals surface area contributed by atoms with Crippen LogP contribution in [0, 0.1) is 6.92 Å². The topological polar surface area (TPSA) is 52.6 Å². The molecule has 2 saturated heterocycles. The summed E-state index contributed by atoms with van der Waals surface area (Å²) in [5.41, 5.74) is 1.03. The summed E-state index contributed by atoms with van der Waals surface area (Å²) >= 11 is 0. The fourth-order valence-electron chi connectivity index (χ4n) is 2.62. The molecule has 3 atom stereocenters. The van der Waals surface area contributed by atoms with Gasteiger partial charge in [-0.15, -0.1) is 0 Å². The first-order chi connectivity index (χ1) is 8.54. The lowest BCUT2D eigenvalue weighted by Crippen LogP contribution is -2.28. The third-order valence-corrected chi connectivity index (χ3v) is 4.96. The summed E-state index contributed by atoms with van der Waals surface area (Å²) < 4.78 is 35.1. The first-order valence-electron chi connectivity index (χ1n) is 6.20. The van der Waals surface area contributed by atoms with E-state index < -0.39 is 10.1 Å². The number of benzene rings is 1. The number of fused-ring (bicyclic) bond motifs is 2. The molecule has 3 unspecified atom stereocenters. The Labute approximate surface area is 107 Å². The molecule has 2 aliphatic rings. The molecule has 0 aliphatic carbocycles. The van der Waals surface area contributed by atoms with Crippen LogP contribution in [-0.2, 0) is 19.0 Å². The van der Waals surface area contributed by atoms with Crippen LogP contribution in [0.5, 0.6) is 0 Å². The van der Waals surface area contributed by atoms with Gasteiger partial charge in [0.1, 0.15) is 6.10 Å². The monoisotopic (exact) mass is 268 g/mol. The quantitative estimate of drug-likeness (QED) is 0.787. The van der Waals surface area contributed by atoms with Crippen molar-refractivity contribution >= 4 is 10.1 Å². The standard InChI is InChI=1S/C13H16O4S/c1-9-2-5-11(6-3-9)18(14,15)17-13-8-10-4-7-12(13)16-10/h2-3,5-6,10,12-13H,4,7-8H2,1H3. The van der Waals surface area contributed by atoms with Gasteiger partial charge in [0.05, 0.1) is 17.1 Å². The van der Waals surface area contributed by atoms with Gasteiger partial charge in [-0.2, -0.15) is 8.42 Å². The zero-order chi connectivity index (χ0) is 12.8. The highest BCUT2D eigenvalue weighted by molar-refractivity contribution is 7.86. The van der Waals surface area contributed by atoms with E-state index in [1.807, 2.05) is 6.92 Å². The van der Waals surface area contributed by atoms with E-state index in [0.717, 1.165) is 18.4 Å². The number of rotatable bonds is 3. The Morgan fingerprint density at radius 2 is 1.94 bits per heavy atom. The molecule has 1 aromatic rings. The second-order valence-corrected chi connectivity index (χ2v) is 6.58. The Balaban J connectivity index is 1.77. The van der Waals surface area contributed by atoms with E-state index in [0.29, 0.717) is 6.42 Å². The van der Waals surface area contributed by atoms with Gasteiger partial charge in [-0.05, 0) is 31.9 Å². The summed E-state index contributed by atoms with van der Waals surface area (Å²) in [6.45, 7) is 1.92. The first kappa shape index (κ1) is 12.1. The van der Waals surface area contributed by atoms with Crippen molar-refractivity contribution in [2.75, 3.05) is 0 Å². The van der Waals surface area contributed by atoms with Gasteiger partial charge in [0.25, 0.3) is 10.1 Å². The fraction of sp³-hybridized carbons (Fsp3) is 0.538. The van der Waals surface area contributed by atoms with Gasteiger partial charge in [-0.1, -0.05) is 17.7 Å². The highest BCUT2D eigenvalue weighted by Crippen LogP contribution is 2.37. The van der Waals surface area contributed by atoms with Gasteiger partial charge in [-0.3, -0.25) is 4.18 Å². The minimum absolute atomic E-state index is 0.0461. The lowest BCUT2D eigenvalue weighted by Gasteiger charge is -2.18. The van der Waals surface area contributed by atoms with Crippen molar-refractivity contribution in [1.29, 1.82) is 0 Å². The highest BCUT2D eigenvalue weighted by atomic mass is 32.2. The molecule has 98 valence electrons. The molecule has 2 heterocycles. The molecule has 3 rings (SSSR count).